The van der Waals surface area contributed by atoms with Crippen LogP contribution in [0.3, 0.4) is 0 Å². The predicted molar refractivity (Wildman–Crippen MR) is 81.7 cm³/mol. The molecule has 0 bridgehead atoms. The van der Waals surface area contributed by atoms with Crippen molar-refractivity contribution in [2.24, 2.45) is 11.8 Å². The standard InChI is InChI=1S/C16H29NO4/c1-9(2)14(18)13(16(20)21-12(7)8)15(19)17(10(3)4)11(5)6/h9-13H,1-8H3. The third-order valence-corrected chi connectivity index (χ3v) is 3.06. The lowest BCUT2D eigenvalue weighted by atomic mass is 9.93. The Balaban J connectivity index is 5.52. The monoisotopic (exact) mass is 299 g/mol. The zero-order valence-corrected chi connectivity index (χ0v) is 14.5. The second-order valence-electron chi connectivity index (χ2n) is 6.41. The number of ketones is 1. The summed E-state index contributed by atoms with van der Waals surface area (Å²) in [4.78, 5) is 38.8. The summed E-state index contributed by atoms with van der Waals surface area (Å²) in [5, 5.41) is 0. The Morgan fingerprint density at radius 2 is 1.24 bits per heavy atom. The second kappa shape index (κ2) is 8.15. The van der Waals surface area contributed by atoms with E-state index in [1.54, 1.807) is 32.6 Å². The van der Waals surface area contributed by atoms with Gasteiger partial charge in [0.1, 0.15) is 0 Å². The quantitative estimate of drug-likeness (QED) is 0.535. The van der Waals surface area contributed by atoms with Crippen molar-refractivity contribution in [2.75, 3.05) is 0 Å². The van der Waals surface area contributed by atoms with E-state index < -0.39 is 29.5 Å². The van der Waals surface area contributed by atoms with Gasteiger partial charge in [0.15, 0.2) is 11.7 Å². The molecule has 0 aromatic carbocycles. The summed E-state index contributed by atoms with van der Waals surface area (Å²) in [6.45, 7) is 14.2. The van der Waals surface area contributed by atoms with Crippen LogP contribution in [-0.4, -0.2) is 40.7 Å². The van der Waals surface area contributed by atoms with Gasteiger partial charge in [0.2, 0.25) is 5.91 Å². The summed E-state index contributed by atoms with van der Waals surface area (Å²) in [5.41, 5.74) is 0. The van der Waals surface area contributed by atoms with E-state index in [-0.39, 0.29) is 18.2 Å². The minimum absolute atomic E-state index is 0.0909. The van der Waals surface area contributed by atoms with Gasteiger partial charge in [-0.25, -0.2) is 0 Å². The lowest BCUT2D eigenvalue weighted by Gasteiger charge is -2.33. The summed E-state index contributed by atoms with van der Waals surface area (Å²) in [6, 6.07) is -0.182. The fraction of sp³-hybridized carbons (Fsp3) is 0.812. The number of rotatable bonds is 7. The molecule has 122 valence electrons. The van der Waals surface area contributed by atoms with Gasteiger partial charge in [-0.15, -0.1) is 0 Å². The van der Waals surface area contributed by atoms with Crippen LogP contribution in [0.2, 0.25) is 0 Å². The summed E-state index contributed by atoms with van der Waals surface area (Å²) in [5.74, 6) is -3.38. The molecule has 0 aliphatic rings. The zero-order chi connectivity index (χ0) is 16.9. The Morgan fingerprint density at radius 3 is 1.52 bits per heavy atom. The Kier molecular flexibility index (Phi) is 7.61. The van der Waals surface area contributed by atoms with Crippen LogP contribution in [0, 0.1) is 11.8 Å². The maximum absolute atomic E-state index is 12.7. The van der Waals surface area contributed by atoms with E-state index in [9.17, 15) is 14.4 Å². The first-order valence-corrected chi connectivity index (χ1v) is 7.57. The highest BCUT2D eigenvalue weighted by atomic mass is 16.5. The van der Waals surface area contributed by atoms with Gasteiger partial charge >= 0.3 is 5.97 Å². The summed E-state index contributed by atoms with van der Waals surface area (Å²) >= 11 is 0. The Bertz CT molecular complexity index is 378. The van der Waals surface area contributed by atoms with Crippen molar-refractivity contribution in [3.8, 4) is 0 Å². The lowest BCUT2D eigenvalue weighted by molar-refractivity contribution is -0.163. The molecule has 1 atom stereocenters. The van der Waals surface area contributed by atoms with Crippen molar-refractivity contribution < 1.29 is 19.1 Å². The van der Waals surface area contributed by atoms with Crippen LogP contribution < -0.4 is 0 Å². The number of hydrogen-bond acceptors (Lipinski definition) is 4. The Labute approximate surface area is 128 Å². The van der Waals surface area contributed by atoms with Crippen LogP contribution in [0.4, 0.5) is 0 Å². The van der Waals surface area contributed by atoms with E-state index in [1.165, 1.54) is 0 Å². The van der Waals surface area contributed by atoms with Gasteiger partial charge in [0.25, 0.3) is 0 Å². The van der Waals surface area contributed by atoms with Crippen LogP contribution in [0.15, 0.2) is 0 Å². The molecule has 0 aliphatic heterocycles. The minimum atomic E-state index is -1.36. The summed E-state index contributed by atoms with van der Waals surface area (Å²) in [7, 11) is 0. The number of Topliss-reactive ketones (excluding diaryl/α,β-unsaturated/α-hetero) is 1. The normalized spacial score (nSPS) is 13.0. The van der Waals surface area contributed by atoms with Crippen LogP contribution in [0.25, 0.3) is 0 Å². The molecular weight excluding hydrogens is 270 g/mol. The maximum Gasteiger partial charge on any atom is 0.326 e. The van der Waals surface area contributed by atoms with Crippen LogP contribution in [0.5, 0.6) is 0 Å². The SMILES string of the molecule is CC(C)OC(=O)C(C(=O)C(C)C)C(=O)N(C(C)C)C(C)C. The number of carbonyl (C=O) groups is 3. The van der Waals surface area contributed by atoms with Crippen molar-refractivity contribution in [1.29, 1.82) is 0 Å². The number of carbonyl (C=O) groups excluding carboxylic acids is 3. The van der Waals surface area contributed by atoms with Crippen LogP contribution in [0.1, 0.15) is 55.4 Å². The molecule has 0 aliphatic carbocycles. The molecule has 5 heteroatoms. The number of nitrogens with zero attached hydrogens (tertiary/aromatic N) is 1. The van der Waals surface area contributed by atoms with Crippen molar-refractivity contribution >= 4 is 17.7 Å². The number of amides is 1. The van der Waals surface area contributed by atoms with Crippen molar-refractivity contribution in [2.45, 2.75) is 73.6 Å². The molecule has 0 aromatic heterocycles. The molecule has 1 amide bonds. The highest BCUT2D eigenvalue weighted by Crippen LogP contribution is 2.18. The molecule has 21 heavy (non-hydrogen) atoms. The third kappa shape index (κ3) is 5.48. The molecule has 0 heterocycles. The smallest absolute Gasteiger partial charge is 0.326 e. The molecule has 1 unspecified atom stereocenters. The van der Waals surface area contributed by atoms with Crippen molar-refractivity contribution in [1.82, 2.24) is 4.90 Å². The fourth-order valence-electron chi connectivity index (χ4n) is 2.23. The first-order valence-electron chi connectivity index (χ1n) is 7.57. The van der Waals surface area contributed by atoms with E-state index in [4.69, 9.17) is 4.74 Å². The molecule has 0 saturated heterocycles. The van der Waals surface area contributed by atoms with Gasteiger partial charge in [-0.2, -0.15) is 0 Å². The van der Waals surface area contributed by atoms with Gasteiger partial charge in [-0.3, -0.25) is 14.4 Å². The Hall–Kier alpha value is -1.39. The van der Waals surface area contributed by atoms with E-state index in [0.717, 1.165) is 0 Å². The molecule has 0 aromatic rings. The predicted octanol–water partition coefficient (Wildman–Crippen LogP) is 2.42. The average Bonchev–Trinajstić information content (AvgIpc) is 2.26. The highest BCUT2D eigenvalue weighted by molar-refractivity contribution is 6.17. The summed E-state index contributed by atoms with van der Waals surface area (Å²) in [6.07, 6.45) is -0.362. The number of esters is 1. The topological polar surface area (TPSA) is 63.7 Å². The van der Waals surface area contributed by atoms with Gasteiger partial charge < -0.3 is 9.64 Å². The zero-order valence-electron chi connectivity index (χ0n) is 14.5. The molecule has 0 rings (SSSR count). The van der Waals surface area contributed by atoms with Crippen LogP contribution >= 0.6 is 0 Å². The third-order valence-electron chi connectivity index (χ3n) is 3.06. The highest BCUT2D eigenvalue weighted by Gasteiger charge is 2.40. The van der Waals surface area contributed by atoms with Crippen molar-refractivity contribution in [3.63, 3.8) is 0 Å². The maximum atomic E-state index is 12.7. The van der Waals surface area contributed by atoms with Gasteiger partial charge in [-0.1, -0.05) is 13.8 Å². The first-order chi connectivity index (χ1) is 9.50. The molecule has 0 saturated carbocycles. The first kappa shape index (κ1) is 19.6. The molecule has 5 nitrogen and oxygen atoms in total. The average molecular weight is 299 g/mol. The van der Waals surface area contributed by atoms with Gasteiger partial charge in [0.05, 0.1) is 6.10 Å². The largest absolute Gasteiger partial charge is 0.462 e. The number of ether oxygens (including phenoxy) is 1. The van der Waals surface area contributed by atoms with E-state index in [2.05, 4.69) is 0 Å². The molecule has 0 N–H and O–H groups in total. The number of hydrogen-bond donors (Lipinski definition) is 0. The summed E-state index contributed by atoms with van der Waals surface area (Å²) < 4.78 is 5.11. The molecule has 0 fully saturated rings. The molecule has 0 spiro atoms. The van der Waals surface area contributed by atoms with E-state index >= 15 is 0 Å². The van der Waals surface area contributed by atoms with Crippen molar-refractivity contribution in [3.05, 3.63) is 0 Å². The van der Waals surface area contributed by atoms with Gasteiger partial charge in [0, 0.05) is 18.0 Å². The minimum Gasteiger partial charge on any atom is -0.462 e. The Morgan fingerprint density at radius 1 is 0.810 bits per heavy atom. The van der Waals surface area contributed by atoms with E-state index in [1.807, 2.05) is 27.7 Å². The van der Waals surface area contributed by atoms with Gasteiger partial charge in [-0.05, 0) is 41.5 Å². The second-order valence-corrected chi connectivity index (χ2v) is 6.41. The lowest BCUT2D eigenvalue weighted by Crippen LogP contribution is -2.50. The molecular formula is C16H29NO4. The van der Waals surface area contributed by atoms with Crippen LogP contribution in [-0.2, 0) is 19.1 Å². The fourth-order valence-corrected chi connectivity index (χ4v) is 2.23. The van der Waals surface area contributed by atoms with E-state index in [0.29, 0.717) is 0 Å². The molecule has 0 radical (unpaired) electrons.